The number of aromatic nitrogens is 3. The molecule has 2 N–H and O–H groups in total. The van der Waals surface area contributed by atoms with Crippen LogP contribution >= 0.6 is 0 Å². The third-order valence-electron chi connectivity index (χ3n) is 3.30. The molecule has 0 aliphatic carbocycles. The Morgan fingerprint density at radius 2 is 2.18 bits per heavy atom. The average Bonchev–Trinajstić information content (AvgIpc) is 2.84. The zero-order chi connectivity index (χ0) is 16.3. The molecule has 8 heteroatoms. The zero-order valence-electron chi connectivity index (χ0n) is 12.7. The first-order valence-electron chi connectivity index (χ1n) is 6.78. The Morgan fingerprint density at radius 3 is 2.82 bits per heavy atom. The van der Waals surface area contributed by atoms with Crippen molar-refractivity contribution in [3.8, 4) is 0 Å². The maximum absolute atomic E-state index is 12.3. The fourth-order valence-corrected chi connectivity index (χ4v) is 2.11. The standard InChI is InChI=1S/C14H18N4O4/c1-8-6-12-15-7-10(9(2)18(12)17-8)13(19)16-11(14(20)21)4-5-22-3/h6-7,11H,4-5H2,1-3H3,(H,16,19)(H,20,21). The quantitative estimate of drug-likeness (QED) is 0.808. The number of carboxylic acids is 1. The van der Waals surface area contributed by atoms with Crippen LogP contribution in [0.5, 0.6) is 0 Å². The molecule has 2 heterocycles. The van der Waals surface area contributed by atoms with E-state index in [9.17, 15) is 9.59 Å². The normalized spacial score (nSPS) is 12.3. The summed E-state index contributed by atoms with van der Waals surface area (Å²) >= 11 is 0. The van der Waals surface area contributed by atoms with E-state index in [1.165, 1.54) is 13.3 Å². The van der Waals surface area contributed by atoms with E-state index in [2.05, 4.69) is 15.4 Å². The lowest BCUT2D eigenvalue weighted by Crippen LogP contribution is -2.41. The van der Waals surface area contributed by atoms with E-state index in [-0.39, 0.29) is 13.0 Å². The molecule has 1 atom stereocenters. The van der Waals surface area contributed by atoms with Gasteiger partial charge in [0.2, 0.25) is 0 Å². The highest BCUT2D eigenvalue weighted by Gasteiger charge is 2.22. The number of ether oxygens (including phenoxy) is 1. The first-order chi connectivity index (χ1) is 10.4. The van der Waals surface area contributed by atoms with Crippen LogP contribution in [0.25, 0.3) is 5.65 Å². The second-order valence-electron chi connectivity index (χ2n) is 4.96. The van der Waals surface area contributed by atoms with Gasteiger partial charge in [-0.1, -0.05) is 0 Å². The van der Waals surface area contributed by atoms with Crippen LogP contribution in [0, 0.1) is 13.8 Å². The van der Waals surface area contributed by atoms with Crippen molar-refractivity contribution in [1.29, 1.82) is 0 Å². The van der Waals surface area contributed by atoms with Crippen LogP contribution in [0.4, 0.5) is 0 Å². The summed E-state index contributed by atoms with van der Waals surface area (Å²) in [7, 11) is 1.47. The van der Waals surface area contributed by atoms with Crippen LogP contribution in [-0.4, -0.2) is 51.3 Å². The second kappa shape index (κ2) is 6.52. The second-order valence-corrected chi connectivity index (χ2v) is 4.96. The van der Waals surface area contributed by atoms with Crippen molar-refractivity contribution in [3.05, 3.63) is 29.2 Å². The molecule has 0 saturated heterocycles. The van der Waals surface area contributed by atoms with Crippen molar-refractivity contribution in [2.45, 2.75) is 26.3 Å². The summed E-state index contributed by atoms with van der Waals surface area (Å²) in [5.74, 6) is -1.60. The van der Waals surface area contributed by atoms with Gasteiger partial charge in [0.05, 0.1) is 17.0 Å². The molecular formula is C14H18N4O4. The number of hydrogen-bond donors (Lipinski definition) is 2. The Morgan fingerprint density at radius 1 is 1.45 bits per heavy atom. The van der Waals surface area contributed by atoms with Gasteiger partial charge in [-0.25, -0.2) is 14.3 Å². The highest BCUT2D eigenvalue weighted by Crippen LogP contribution is 2.11. The van der Waals surface area contributed by atoms with Crippen LogP contribution in [-0.2, 0) is 9.53 Å². The summed E-state index contributed by atoms with van der Waals surface area (Å²) in [6, 6.07) is 0.787. The van der Waals surface area contributed by atoms with Crippen molar-refractivity contribution < 1.29 is 19.4 Å². The number of carbonyl (C=O) groups excluding carboxylic acids is 1. The minimum absolute atomic E-state index is 0.188. The Bertz CT molecular complexity index is 710. The van der Waals surface area contributed by atoms with Crippen molar-refractivity contribution in [2.75, 3.05) is 13.7 Å². The SMILES string of the molecule is COCCC(NC(=O)c1cnc2cc(C)nn2c1C)C(=O)O. The summed E-state index contributed by atoms with van der Waals surface area (Å²) < 4.78 is 6.42. The molecule has 8 nitrogen and oxygen atoms in total. The number of carbonyl (C=O) groups is 2. The van der Waals surface area contributed by atoms with Crippen LogP contribution in [0.15, 0.2) is 12.3 Å². The third-order valence-corrected chi connectivity index (χ3v) is 3.30. The third kappa shape index (κ3) is 3.22. The number of aryl methyl sites for hydroxylation is 2. The Labute approximate surface area is 127 Å². The Kier molecular flexibility index (Phi) is 4.71. The Balaban J connectivity index is 2.24. The summed E-state index contributed by atoms with van der Waals surface area (Å²) in [6.07, 6.45) is 1.61. The number of amides is 1. The van der Waals surface area contributed by atoms with Gasteiger partial charge in [0.1, 0.15) is 6.04 Å². The molecule has 0 spiro atoms. The molecule has 1 amide bonds. The number of hydrogen-bond acceptors (Lipinski definition) is 5. The first kappa shape index (κ1) is 15.9. The highest BCUT2D eigenvalue weighted by atomic mass is 16.5. The minimum atomic E-state index is -1.10. The van der Waals surface area contributed by atoms with Crippen LogP contribution in [0.3, 0.4) is 0 Å². The summed E-state index contributed by atoms with van der Waals surface area (Å²) in [4.78, 5) is 27.6. The van der Waals surface area contributed by atoms with Gasteiger partial charge in [-0.15, -0.1) is 0 Å². The number of carboxylic acid groups (broad SMARTS) is 1. The molecule has 2 rings (SSSR count). The maximum Gasteiger partial charge on any atom is 0.326 e. The van der Waals surface area contributed by atoms with Gasteiger partial charge < -0.3 is 15.2 Å². The van der Waals surface area contributed by atoms with E-state index >= 15 is 0 Å². The fraction of sp³-hybridized carbons (Fsp3) is 0.429. The minimum Gasteiger partial charge on any atom is -0.480 e. The summed E-state index contributed by atoms with van der Waals surface area (Å²) in [6.45, 7) is 3.81. The van der Waals surface area contributed by atoms with Crippen molar-refractivity contribution in [3.63, 3.8) is 0 Å². The van der Waals surface area contributed by atoms with E-state index in [4.69, 9.17) is 9.84 Å². The van der Waals surface area contributed by atoms with Crippen LogP contribution in [0.2, 0.25) is 0 Å². The molecule has 1 unspecified atom stereocenters. The Hall–Kier alpha value is -2.48. The van der Waals surface area contributed by atoms with Crippen molar-refractivity contribution in [2.24, 2.45) is 0 Å². The first-order valence-corrected chi connectivity index (χ1v) is 6.78. The molecule has 118 valence electrons. The molecule has 22 heavy (non-hydrogen) atoms. The number of nitrogens with one attached hydrogen (secondary N) is 1. The molecule has 0 fully saturated rings. The number of rotatable bonds is 6. The summed E-state index contributed by atoms with van der Waals surface area (Å²) in [5.41, 5.74) is 2.32. The lowest BCUT2D eigenvalue weighted by molar-refractivity contribution is -0.139. The topological polar surface area (TPSA) is 106 Å². The molecule has 0 bridgehead atoms. The number of fused-ring (bicyclic) bond motifs is 1. The van der Waals surface area contributed by atoms with Gasteiger partial charge in [-0.05, 0) is 13.8 Å². The molecule has 0 aliphatic heterocycles. The molecule has 0 aliphatic rings. The van der Waals surface area contributed by atoms with E-state index in [0.29, 0.717) is 16.9 Å². The number of nitrogens with zero attached hydrogens (tertiary/aromatic N) is 3. The number of methoxy groups -OCH3 is 1. The van der Waals surface area contributed by atoms with Crippen molar-refractivity contribution in [1.82, 2.24) is 19.9 Å². The van der Waals surface area contributed by atoms with E-state index < -0.39 is 17.9 Å². The largest absolute Gasteiger partial charge is 0.480 e. The average molecular weight is 306 g/mol. The van der Waals surface area contributed by atoms with Crippen molar-refractivity contribution >= 4 is 17.5 Å². The van der Waals surface area contributed by atoms with E-state index in [0.717, 1.165) is 5.69 Å². The lowest BCUT2D eigenvalue weighted by Gasteiger charge is -2.15. The smallest absolute Gasteiger partial charge is 0.326 e. The predicted octanol–water partition coefficient (Wildman–Crippen LogP) is 0.566. The van der Waals surface area contributed by atoms with Crippen LogP contribution < -0.4 is 5.32 Å². The monoisotopic (exact) mass is 306 g/mol. The van der Waals surface area contributed by atoms with Gasteiger partial charge in [0.15, 0.2) is 5.65 Å². The molecule has 0 saturated carbocycles. The highest BCUT2D eigenvalue weighted by molar-refractivity contribution is 5.97. The van der Waals surface area contributed by atoms with Gasteiger partial charge >= 0.3 is 5.97 Å². The summed E-state index contributed by atoms with van der Waals surface area (Å²) in [5, 5.41) is 15.9. The molecule has 0 radical (unpaired) electrons. The molecule has 2 aromatic heterocycles. The maximum atomic E-state index is 12.3. The molecule has 2 aromatic rings. The van der Waals surface area contributed by atoms with Gasteiger partial charge in [0, 0.05) is 32.4 Å². The zero-order valence-corrected chi connectivity index (χ0v) is 12.7. The fourth-order valence-electron chi connectivity index (χ4n) is 2.11. The van der Waals surface area contributed by atoms with Gasteiger partial charge in [-0.2, -0.15) is 5.10 Å². The van der Waals surface area contributed by atoms with E-state index in [1.807, 2.05) is 6.92 Å². The van der Waals surface area contributed by atoms with E-state index in [1.54, 1.807) is 17.5 Å². The lowest BCUT2D eigenvalue weighted by atomic mass is 10.1. The van der Waals surface area contributed by atoms with Gasteiger partial charge in [-0.3, -0.25) is 4.79 Å². The number of aliphatic carboxylic acids is 1. The van der Waals surface area contributed by atoms with Crippen LogP contribution in [0.1, 0.15) is 28.2 Å². The van der Waals surface area contributed by atoms with Gasteiger partial charge in [0.25, 0.3) is 5.91 Å². The molecule has 0 aromatic carbocycles. The molecular weight excluding hydrogens is 288 g/mol. The predicted molar refractivity (Wildman–Crippen MR) is 77.8 cm³/mol.